The van der Waals surface area contributed by atoms with Crippen LogP contribution in [0.4, 0.5) is 0 Å². The van der Waals surface area contributed by atoms with Gasteiger partial charge in [0.25, 0.3) is 0 Å². The Morgan fingerprint density at radius 1 is 1.24 bits per heavy atom. The Labute approximate surface area is 125 Å². The minimum absolute atomic E-state index is 0.112. The summed E-state index contributed by atoms with van der Waals surface area (Å²) in [5.41, 5.74) is -1.22. The van der Waals surface area contributed by atoms with Crippen LogP contribution in [0, 0.1) is 11.8 Å². The SMILES string of the molecule is CC(=O)NC(C(=O)NC1(C(=O)O)CCCCC1C)C(C)C. The molecule has 1 fully saturated rings. The van der Waals surface area contributed by atoms with E-state index in [4.69, 9.17) is 0 Å². The minimum atomic E-state index is -1.22. The van der Waals surface area contributed by atoms with E-state index in [2.05, 4.69) is 10.6 Å². The lowest BCUT2D eigenvalue weighted by Gasteiger charge is -2.40. The van der Waals surface area contributed by atoms with Crippen LogP contribution in [-0.2, 0) is 14.4 Å². The van der Waals surface area contributed by atoms with E-state index < -0.39 is 23.5 Å². The van der Waals surface area contributed by atoms with Gasteiger partial charge in [-0.15, -0.1) is 0 Å². The van der Waals surface area contributed by atoms with E-state index in [1.165, 1.54) is 6.92 Å². The van der Waals surface area contributed by atoms with Crippen LogP contribution in [0.5, 0.6) is 0 Å². The van der Waals surface area contributed by atoms with Crippen LogP contribution in [0.3, 0.4) is 0 Å². The lowest BCUT2D eigenvalue weighted by atomic mass is 9.73. The number of rotatable bonds is 5. The molecule has 0 aromatic rings. The van der Waals surface area contributed by atoms with E-state index in [1.807, 2.05) is 20.8 Å². The van der Waals surface area contributed by atoms with E-state index in [0.29, 0.717) is 6.42 Å². The summed E-state index contributed by atoms with van der Waals surface area (Å²) in [5.74, 6) is -1.95. The summed E-state index contributed by atoms with van der Waals surface area (Å²) in [6.07, 6.45) is 2.97. The maximum atomic E-state index is 12.5. The number of carbonyl (C=O) groups excluding carboxylic acids is 2. The van der Waals surface area contributed by atoms with Gasteiger partial charge in [0.15, 0.2) is 0 Å². The summed E-state index contributed by atoms with van der Waals surface area (Å²) in [5, 5.41) is 14.9. The molecule has 0 bridgehead atoms. The van der Waals surface area contributed by atoms with Crippen molar-refractivity contribution in [1.82, 2.24) is 10.6 Å². The van der Waals surface area contributed by atoms with Gasteiger partial charge in [-0.2, -0.15) is 0 Å². The number of hydrogen-bond donors (Lipinski definition) is 3. The molecule has 3 atom stereocenters. The van der Waals surface area contributed by atoms with Gasteiger partial charge in [0.1, 0.15) is 11.6 Å². The molecule has 1 rings (SSSR count). The van der Waals surface area contributed by atoms with E-state index in [1.54, 1.807) is 0 Å². The first-order chi connectivity index (χ1) is 9.70. The predicted molar refractivity (Wildman–Crippen MR) is 78.6 cm³/mol. The molecule has 0 aromatic carbocycles. The largest absolute Gasteiger partial charge is 0.479 e. The Balaban J connectivity index is 2.94. The Hall–Kier alpha value is -1.59. The first-order valence-electron chi connectivity index (χ1n) is 7.53. The second kappa shape index (κ2) is 6.91. The average molecular weight is 298 g/mol. The minimum Gasteiger partial charge on any atom is -0.479 e. The summed E-state index contributed by atoms with van der Waals surface area (Å²) < 4.78 is 0. The van der Waals surface area contributed by atoms with Crippen molar-refractivity contribution in [3.63, 3.8) is 0 Å². The summed E-state index contributed by atoms with van der Waals surface area (Å²) in [7, 11) is 0. The molecule has 0 heterocycles. The van der Waals surface area contributed by atoms with E-state index in [9.17, 15) is 19.5 Å². The number of hydrogen-bond acceptors (Lipinski definition) is 3. The third-order valence-electron chi connectivity index (χ3n) is 4.34. The molecule has 6 nitrogen and oxygen atoms in total. The number of carbonyl (C=O) groups is 3. The molecular formula is C15H26N2O4. The maximum Gasteiger partial charge on any atom is 0.329 e. The quantitative estimate of drug-likeness (QED) is 0.713. The number of carboxylic acid groups (broad SMARTS) is 1. The molecule has 120 valence electrons. The molecule has 6 heteroatoms. The molecule has 21 heavy (non-hydrogen) atoms. The monoisotopic (exact) mass is 298 g/mol. The van der Waals surface area contributed by atoms with Crippen LogP contribution < -0.4 is 10.6 Å². The van der Waals surface area contributed by atoms with Gasteiger partial charge in [-0.1, -0.05) is 33.6 Å². The van der Waals surface area contributed by atoms with Crippen molar-refractivity contribution in [1.29, 1.82) is 0 Å². The summed E-state index contributed by atoms with van der Waals surface area (Å²) in [6, 6.07) is -0.715. The lowest BCUT2D eigenvalue weighted by molar-refractivity contribution is -0.152. The molecule has 3 N–H and O–H groups in total. The van der Waals surface area contributed by atoms with Crippen molar-refractivity contribution < 1.29 is 19.5 Å². The highest BCUT2D eigenvalue weighted by Crippen LogP contribution is 2.34. The fourth-order valence-electron chi connectivity index (χ4n) is 2.96. The smallest absolute Gasteiger partial charge is 0.329 e. The van der Waals surface area contributed by atoms with Gasteiger partial charge < -0.3 is 15.7 Å². The van der Waals surface area contributed by atoms with Gasteiger partial charge in [-0.25, -0.2) is 4.79 Å². The summed E-state index contributed by atoms with van der Waals surface area (Å²) >= 11 is 0. The molecule has 1 aliphatic carbocycles. The highest BCUT2D eigenvalue weighted by Gasteiger charge is 2.47. The molecule has 0 saturated heterocycles. The molecular weight excluding hydrogens is 272 g/mol. The van der Waals surface area contributed by atoms with Gasteiger partial charge in [0.05, 0.1) is 0 Å². The second-order valence-corrected chi connectivity index (χ2v) is 6.33. The molecule has 0 radical (unpaired) electrons. The highest BCUT2D eigenvalue weighted by molar-refractivity contribution is 5.92. The Morgan fingerprint density at radius 3 is 2.29 bits per heavy atom. The van der Waals surface area contributed by atoms with Crippen LogP contribution in [0.1, 0.15) is 53.4 Å². The van der Waals surface area contributed by atoms with Crippen molar-refractivity contribution >= 4 is 17.8 Å². The zero-order valence-electron chi connectivity index (χ0n) is 13.2. The third-order valence-corrected chi connectivity index (χ3v) is 4.34. The van der Waals surface area contributed by atoms with Crippen molar-refractivity contribution in [3.8, 4) is 0 Å². The topological polar surface area (TPSA) is 95.5 Å². The van der Waals surface area contributed by atoms with Crippen LogP contribution in [-0.4, -0.2) is 34.5 Å². The molecule has 1 saturated carbocycles. The zero-order valence-corrected chi connectivity index (χ0v) is 13.2. The van der Waals surface area contributed by atoms with Gasteiger partial charge in [0, 0.05) is 6.92 Å². The Morgan fingerprint density at radius 2 is 1.86 bits per heavy atom. The van der Waals surface area contributed by atoms with Gasteiger partial charge in [0.2, 0.25) is 11.8 Å². The maximum absolute atomic E-state index is 12.5. The van der Waals surface area contributed by atoms with Crippen molar-refractivity contribution in [2.45, 2.75) is 65.0 Å². The normalized spacial score (nSPS) is 27.0. The standard InChI is InChI=1S/C15H26N2O4/c1-9(2)12(16-11(4)18)13(19)17-15(14(20)21)8-6-5-7-10(15)3/h9-10,12H,5-8H2,1-4H3,(H,16,18)(H,17,19)(H,20,21). The Bertz CT molecular complexity index is 422. The fourth-order valence-corrected chi connectivity index (χ4v) is 2.96. The van der Waals surface area contributed by atoms with Gasteiger partial charge >= 0.3 is 5.97 Å². The predicted octanol–water partition coefficient (Wildman–Crippen LogP) is 1.30. The van der Waals surface area contributed by atoms with Gasteiger partial charge in [-0.05, 0) is 24.7 Å². The zero-order chi connectivity index (χ0) is 16.2. The Kier molecular flexibility index (Phi) is 5.75. The van der Waals surface area contributed by atoms with E-state index in [-0.39, 0.29) is 17.7 Å². The lowest BCUT2D eigenvalue weighted by Crippen LogP contribution is -2.63. The highest BCUT2D eigenvalue weighted by atomic mass is 16.4. The molecule has 1 aliphatic rings. The van der Waals surface area contributed by atoms with Crippen molar-refractivity contribution in [2.24, 2.45) is 11.8 Å². The van der Waals surface area contributed by atoms with Crippen LogP contribution >= 0.6 is 0 Å². The van der Waals surface area contributed by atoms with Crippen LogP contribution in [0.15, 0.2) is 0 Å². The molecule has 0 spiro atoms. The van der Waals surface area contributed by atoms with E-state index in [0.717, 1.165) is 19.3 Å². The fraction of sp³-hybridized carbons (Fsp3) is 0.800. The average Bonchev–Trinajstić information content (AvgIpc) is 2.37. The number of carboxylic acids is 1. The van der Waals surface area contributed by atoms with Crippen LogP contribution in [0.25, 0.3) is 0 Å². The van der Waals surface area contributed by atoms with Crippen molar-refractivity contribution in [3.05, 3.63) is 0 Å². The molecule has 0 aromatic heterocycles. The number of aliphatic carboxylic acids is 1. The third kappa shape index (κ3) is 3.95. The molecule has 3 unspecified atom stereocenters. The first-order valence-corrected chi connectivity index (χ1v) is 7.53. The number of nitrogens with one attached hydrogen (secondary N) is 2. The molecule has 0 aliphatic heterocycles. The summed E-state index contributed by atoms with van der Waals surface area (Å²) in [6.45, 7) is 6.84. The summed E-state index contributed by atoms with van der Waals surface area (Å²) in [4.78, 5) is 35.4. The van der Waals surface area contributed by atoms with Crippen LogP contribution in [0.2, 0.25) is 0 Å². The van der Waals surface area contributed by atoms with Crippen molar-refractivity contribution in [2.75, 3.05) is 0 Å². The first kappa shape index (κ1) is 17.5. The number of amides is 2. The van der Waals surface area contributed by atoms with E-state index >= 15 is 0 Å². The second-order valence-electron chi connectivity index (χ2n) is 6.33. The van der Waals surface area contributed by atoms with Gasteiger partial charge in [-0.3, -0.25) is 9.59 Å². The molecule has 2 amide bonds.